The highest BCUT2D eigenvalue weighted by Crippen LogP contribution is 2.38. The predicted molar refractivity (Wildman–Crippen MR) is 143 cm³/mol. The van der Waals surface area contributed by atoms with Gasteiger partial charge in [-0.3, -0.25) is 24.6 Å². The standard InChI is InChI=1S/C26H21BrN2O7S/c1-34-22-13-18(21(27)15-23(22)36-16-17-7-9-19(10-8-17)29(32)33)14-24-25(30)28(26(31)37-24)11-12-35-20-5-3-2-4-6-20/h2-10,13-15H,11-12,16H2,1H3/b24-14-. The van der Waals surface area contributed by atoms with Crippen LogP contribution < -0.4 is 14.2 Å². The molecule has 2 amide bonds. The van der Waals surface area contributed by atoms with Crippen molar-refractivity contribution in [1.82, 2.24) is 4.90 Å². The van der Waals surface area contributed by atoms with Crippen molar-refractivity contribution in [2.45, 2.75) is 6.61 Å². The van der Waals surface area contributed by atoms with Gasteiger partial charge in [-0.15, -0.1) is 0 Å². The third-order valence-electron chi connectivity index (χ3n) is 5.31. The van der Waals surface area contributed by atoms with Crippen molar-refractivity contribution in [3.8, 4) is 17.2 Å². The van der Waals surface area contributed by atoms with Gasteiger partial charge in [0.2, 0.25) is 0 Å². The van der Waals surface area contributed by atoms with Crippen LogP contribution in [0.5, 0.6) is 17.2 Å². The summed E-state index contributed by atoms with van der Waals surface area (Å²) in [4.78, 5) is 37.1. The number of halogens is 1. The maximum atomic E-state index is 12.9. The van der Waals surface area contributed by atoms with Crippen LogP contribution in [0.2, 0.25) is 0 Å². The first-order valence-corrected chi connectivity index (χ1v) is 12.6. The van der Waals surface area contributed by atoms with E-state index < -0.39 is 10.8 Å². The summed E-state index contributed by atoms with van der Waals surface area (Å²) in [6.07, 6.45) is 1.62. The van der Waals surface area contributed by atoms with Gasteiger partial charge >= 0.3 is 0 Å². The zero-order valence-electron chi connectivity index (χ0n) is 19.6. The Bertz CT molecular complexity index is 1350. The van der Waals surface area contributed by atoms with E-state index in [1.807, 2.05) is 18.2 Å². The third kappa shape index (κ3) is 6.49. The molecule has 37 heavy (non-hydrogen) atoms. The zero-order chi connectivity index (χ0) is 26.4. The lowest BCUT2D eigenvalue weighted by molar-refractivity contribution is -0.384. The van der Waals surface area contributed by atoms with Gasteiger partial charge in [-0.2, -0.15) is 0 Å². The van der Waals surface area contributed by atoms with E-state index in [1.54, 1.807) is 42.5 Å². The molecule has 1 fully saturated rings. The van der Waals surface area contributed by atoms with Crippen LogP contribution >= 0.6 is 27.7 Å². The van der Waals surface area contributed by atoms with Gasteiger partial charge in [0.1, 0.15) is 19.0 Å². The lowest BCUT2D eigenvalue weighted by Gasteiger charge is -2.14. The fourth-order valence-electron chi connectivity index (χ4n) is 3.41. The molecule has 1 aliphatic heterocycles. The maximum absolute atomic E-state index is 12.9. The number of nitro benzene ring substituents is 1. The molecular formula is C26H21BrN2O7S. The van der Waals surface area contributed by atoms with Crippen molar-refractivity contribution in [2.24, 2.45) is 0 Å². The molecular weight excluding hydrogens is 564 g/mol. The summed E-state index contributed by atoms with van der Waals surface area (Å²) in [5, 5.41) is 10.5. The summed E-state index contributed by atoms with van der Waals surface area (Å²) in [6.45, 7) is 0.495. The number of imide groups is 1. The minimum absolute atomic E-state index is 0.00145. The van der Waals surface area contributed by atoms with Crippen LogP contribution in [0.15, 0.2) is 76.1 Å². The summed E-state index contributed by atoms with van der Waals surface area (Å²) < 4.78 is 17.6. The number of methoxy groups -OCH3 is 1. The fraction of sp³-hybridized carbons (Fsp3) is 0.154. The van der Waals surface area contributed by atoms with Crippen LogP contribution in [0, 0.1) is 10.1 Å². The van der Waals surface area contributed by atoms with E-state index in [0.717, 1.165) is 22.2 Å². The molecule has 11 heteroatoms. The van der Waals surface area contributed by atoms with Crippen molar-refractivity contribution in [3.63, 3.8) is 0 Å². The van der Waals surface area contributed by atoms with Crippen LogP contribution in [0.3, 0.4) is 0 Å². The minimum atomic E-state index is -0.462. The largest absolute Gasteiger partial charge is 0.493 e. The Morgan fingerprint density at radius 3 is 2.43 bits per heavy atom. The summed E-state index contributed by atoms with van der Waals surface area (Å²) in [5.41, 5.74) is 1.38. The molecule has 0 radical (unpaired) electrons. The summed E-state index contributed by atoms with van der Waals surface area (Å²) >= 11 is 4.36. The third-order valence-corrected chi connectivity index (χ3v) is 6.91. The highest BCUT2D eigenvalue weighted by atomic mass is 79.9. The quantitative estimate of drug-likeness (QED) is 0.161. The van der Waals surface area contributed by atoms with E-state index >= 15 is 0 Å². The molecule has 0 spiro atoms. The number of benzene rings is 3. The number of para-hydroxylation sites is 1. The van der Waals surface area contributed by atoms with E-state index in [-0.39, 0.29) is 35.6 Å². The number of carbonyl (C=O) groups excluding carboxylic acids is 2. The number of nitrogens with zero attached hydrogens (tertiary/aromatic N) is 2. The number of non-ortho nitro benzene ring substituents is 1. The van der Waals surface area contributed by atoms with E-state index in [2.05, 4.69) is 15.9 Å². The van der Waals surface area contributed by atoms with Gasteiger partial charge in [0.05, 0.1) is 23.5 Å². The van der Waals surface area contributed by atoms with Gasteiger partial charge in [-0.05, 0) is 65.4 Å². The molecule has 4 rings (SSSR count). The van der Waals surface area contributed by atoms with Crippen molar-refractivity contribution in [2.75, 3.05) is 20.3 Å². The molecule has 0 atom stereocenters. The Morgan fingerprint density at radius 1 is 1.03 bits per heavy atom. The van der Waals surface area contributed by atoms with E-state index in [4.69, 9.17) is 14.2 Å². The van der Waals surface area contributed by atoms with Gasteiger partial charge in [0.15, 0.2) is 11.5 Å². The molecule has 0 unspecified atom stereocenters. The number of nitro groups is 1. The van der Waals surface area contributed by atoms with Crippen LogP contribution in [-0.2, 0) is 11.4 Å². The van der Waals surface area contributed by atoms with Crippen molar-refractivity contribution < 1.29 is 28.7 Å². The van der Waals surface area contributed by atoms with Crippen LogP contribution in [0.1, 0.15) is 11.1 Å². The van der Waals surface area contributed by atoms with E-state index in [9.17, 15) is 19.7 Å². The molecule has 0 aromatic heterocycles. The normalized spacial score (nSPS) is 14.2. The van der Waals surface area contributed by atoms with Crippen LogP contribution in [0.4, 0.5) is 10.5 Å². The fourth-order valence-corrected chi connectivity index (χ4v) is 4.71. The number of ether oxygens (including phenoxy) is 3. The maximum Gasteiger partial charge on any atom is 0.293 e. The highest BCUT2D eigenvalue weighted by molar-refractivity contribution is 9.10. The molecule has 9 nitrogen and oxygen atoms in total. The number of amides is 2. The average Bonchev–Trinajstić information content (AvgIpc) is 3.16. The van der Waals surface area contributed by atoms with E-state index in [0.29, 0.717) is 27.3 Å². The SMILES string of the molecule is COc1cc(/C=C2\SC(=O)N(CCOc3ccccc3)C2=O)c(Br)cc1OCc1ccc([N+](=O)[O-])cc1. The summed E-state index contributed by atoms with van der Waals surface area (Å²) in [6, 6.07) is 18.6. The predicted octanol–water partition coefficient (Wildman–Crippen LogP) is 6.06. The Labute approximate surface area is 225 Å². The molecule has 190 valence electrons. The van der Waals surface area contributed by atoms with Crippen molar-refractivity contribution in [1.29, 1.82) is 0 Å². The monoisotopic (exact) mass is 584 g/mol. The van der Waals surface area contributed by atoms with Crippen LogP contribution in [-0.4, -0.2) is 41.2 Å². The Balaban J connectivity index is 1.43. The Morgan fingerprint density at radius 2 is 1.76 bits per heavy atom. The summed E-state index contributed by atoms with van der Waals surface area (Å²) in [5.74, 6) is 1.14. The minimum Gasteiger partial charge on any atom is -0.493 e. The van der Waals surface area contributed by atoms with Gasteiger partial charge in [0.25, 0.3) is 16.8 Å². The number of hydrogen-bond donors (Lipinski definition) is 0. The highest BCUT2D eigenvalue weighted by Gasteiger charge is 2.35. The smallest absolute Gasteiger partial charge is 0.293 e. The molecule has 3 aromatic rings. The average molecular weight is 585 g/mol. The van der Waals surface area contributed by atoms with Gasteiger partial charge < -0.3 is 14.2 Å². The first kappa shape index (κ1) is 26.2. The number of carbonyl (C=O) groups is 2. The van der Waals surface area contributed by atoms with Gasteiger partial charge in [0, 0.05) is 16.6 Å². The summed E-state index contributed by atoms with van der Waals surface area (Å²) in [7, 11) is 1.49. The first-order chi connectivity index (χ1) is 17.9. The molecule has 0 N–H and O–H groups in total. The molecule has 0 bridgehead atoms. The molecule has 0 aliphatic carbocycles. The molecule has 3 aromatic carbocycles. The van der Waals surface area contributed by atoms with Crippen LogP contribution in [0.25, 0.3) is 6.08 Å². The molecule has 1 aliphatic rings. The molecule has 1 saturated heterocycles. The van der Waals surface area contributed by atoms with Gasteiger partial charge in [-0.1, -0.05) is 34.1 Å². The van der Waals surface area contributed by atoms with Crippen molar-refractivity contribution in [3.05, 3.63) is 97.3 Å². The van der Waals surface area contributed by atoms with Gasteiger partial charge in [-0.25, -0.2) is 0 Å². The topological polar surface area (TPSA) is 108 Å². The second-order valence-electron chi connectivity index (χ2n) is 7.73. The second kappa shape index (κ2) is 11.9. The molecule has 1 heterocycles. The lowest BCUT2D eigenvalue weighted by Crippen LogP contribution is -2.32. The second-order valence-corrected chi connectivity index (χ2v) is 9.58. The molecule has 0 saturated carbocycles. The number of rotatable bonds is 10. The number of thioether (sulfide) groups is 1. The number of hydrogen-bond acceptors (Lipinski definition) is 8. The van der Waals surface area contributed by atoms with Crippen molar-refractivity contribution >= 4 is 50.6 Å². The Hall–Kier alpha value is -3.83. The Kier molecular flexibility index (Phi) is 8.47. The first-order valence-electron chi connectivity index (χ1n) is 11.0. The van der Waals surface area contributed by atoms with E-state index in [1.165, 1.54) is 19.2 Å². The zero-order valence-corrected chi connectivity index (χ0v) is 22.0. The lowest BCUT2D eigenvalue weighted by atomic mass is 10.1.